The van der Waals surface area contributed by atoms with Gasteiger partial charge < -0.3 is 10.6 Å². The first-order valence-corrected chi connectivity index (χ1v) is 5.94. The molecule has 0 aromatic heterocycles. The summed E-state index contributed by atoms with van der Waals surface area (Å²) in [6, 6.07) is 2.86. The highest BCUT2D eigenvalue weighted by Crippen LogP contribution is 2.18. The van der Waals surface area contributed by atoms with Crippen LogP contribution in [0, 0.1) is 15.9 Å². The third-order valence-corrected chi connectivity index (χ3v) is 2.42. The standard InChI is InChI=1S/C12H14FN3O4/c1-2-14-11(17)5-6-15-12(18)8-3-4-9(13)10(7-8)16(19)20/h3-4,7H,2,5-6H2,1H3,(H,14,17)(H,15,18). The van der Waals surface area contributed by atoms with Crippen LogP contribution < -0.4 is 10.6 Å². The third-order valence-electron chi connectivity index (χ3n) is 2.42. The average molecular weight is 283 g/mol. The van der Waals surface area contributed by atoms with Gasteiger partial charge in [-0.1, -0.05) is 0 Å². The van der Waals surface area contributed by atoms with Gasteiger partial charge in [-0.15, -0.1) is 0 Å². The molecule has 0 aliphatic carbocycles. The van der Waals surface area contributed by atoms with Crippen LogP contribution in [0.4, 0.5) is 10.1 Å². The summed E-state index contributed by atoms with van der Waals surface area (Å²) in [5.41, 5.74) is -0.796. The molecule has 1 rings (SSSR count). The fourth-order valence-electron chi connectivity index (χ4n) is 1.47. The van der Waals surface area contributed by atoms with E-state index in [9.17, 15) is 24.1 Å². The molecule has 0 bridgehead atoms. The number of hydrogen-bond donors (Lipinski definition) is 2. The Kier molecular flexibility index (Phi) is 5.57. The van der Waals surface area contributed by atoms with Crippen molar-refractivity contribution in [2.24, 2.45) is 0 Å². The van der Waals surface area contributed by atoms with Crippen molar-refractivity contribution in [3.8, 4) is 0 Å². The Hall–Kier alpha value is -2.51. The fourth-order valence-corrected chi connectivity index (χ4v) is 1.47. The van der Waals surface area contributed by atoms with E-state index in [4.69, 9.17) is 0 Å². The third kappa shape index (κ3) is 4.30. The number of nitro benzene ring substituents is 1. The highest BCUT2D eigenvalue weighted by molar-refractivity contribution is 5.95. The first-order valence-electron chi connectivity index (χ1n) is 5.94. The van der Waals surface area contributed by atoms with E-state index in [1.807, 2.05) is 0 Å². The molecule has 0 aliphatic rings. The molecule has 2 N–H and O–H groups in total. The first-order chi connectivity index (χ1) is 9.45. The molecule has 1 aromatic rings. The van der Waals surface area contributed by atoms with Crippen molar-refractivity contribution in [2.75, 3.05) is 13.1 Å². The van der Waals surface area contributed by atoms with E-state index in [1.54, 1.807) is 6.92 Å². The molecule has 7 nitrogen and oxygen atoms in total. The van der Waals surface area contributed by atoms with Crippen LogP contribution in [-0.2, 0) is 4.79 Å². The average Bonchev–Trinajstić information content (AvgIpc) is 2.39. The van der Waals surface area contributed by atoms with E-state index < -0.39 is 22.3 Å². The van der Waals surface area contributed by atoms with Gasteiger partial charge in [-0.05, 0) is 19.1 Å². The van der Waals surface area contributed by atoms with E-state index in [2.05, 4.69) is 10.6 Å². The number of hydrogen-bond acceptors (Lipinski definition) is 4. The van der Waals surface area contributed by atoms with Crippen molar-refractivity contribution in [1.29, 1.82) is 0 Å². The molecule has 0 fully saturated rings. The van der Waals surface area contributed by atoms with E-state index in [1.165, 1.54) is 0 Å². The fraction of sp³-hybridized carbons (Fsp3) is 0.333. The van der Waals surface area contributed by atoms with Crippen LogP contribution in [0.25, 0.3) is 0 Å². The lowest BCUT2D eigenvalue weighted by Gasteiger charge is -2.05. The Bertz CT molecular complexity index is 533. The topological polar surface area (TPSA) is 101 Å². The second-order valence-corrected chi connectivity index (χ2v) is 3.88. The van der Waals surface area contributed by atoms with Crippen LogP contribution in [0.2, 0.25) is 0 Å². The number of amides is 2. The molecule has 8 heteroatoms. The summed E-state index contributed by atoms with van der Waals surface area (Å²) in [5, 5.41) is 15.5. The number of nitro groups is 1. The Balaban J connectivity index is 2.62. The summed E-state index contributed by atoms with van der Waals surface area (Å²) >= 11 is 0. The highest BCUT2D eigenvalue weighted by atomic mass is 19.1. The van der Waals surface area contributed by atoms with E-state index in [0.29, 0.717) is 6.54 Å². The number of nitrogens with zero attached hydrogens (tertiary/aromatic N) is 1. The van der Waals surface area contributed by atoms with Gasteiger partial charge in [-0.2, -0.15) is 4.39 Å². The highest BCUT2D eigenvalue weighted by Gasteiger charge is 2.17. The normalized spacial score (nSPS) is 9.90. The molecule has 108 valence electrons. The largest absolute Gasteiger partial charge is 0.356 e. The zero-order chi connectivity index (χ0) is 15.1. The summed E-state index contributed by atoms with van der Waals surface area (Å²) in [6.07, 6.45) is 0.100. The maximum Gasteiger partial charge on any atom is 0.305 e. The molecular formula is C12H14FN3O4. The van der Waals surface area contributed by atoms with Gasteiger partial charge in [0.15, 0.2) is 0 Å². The zero-order valence-corrected chi connectivity index (χ0v) is 10.8. The molecule has 0 aliphatic heterocycles. The lowest BCUT2D eigenvalue weighted by atomic mass is 10.2. The monoisotopic (exact) mass is 283 g/mol. The smallest absolute Gasteiger partial charge is 0.305 e. The summed E-state index contributed by atoms with van der Waals surface area (Å²) in [4.78, 5) is 32.5. The van der Waals surface area contributed by atoms with Crippen LogP contribution in [0.1, 0.15) is 23.7 Å². The number of halogens is 1. The minimum atomic E-state index is -1.01. The van der Waals surface area contributed by atoms with Gasteiger partial charge in [0.2, 0.25) is 11.7 Å². The van der Waals surface area contributed by atoms with E-state index in [0.717, 1.165) is 18.2 Å². The van der Waals surface area contributed by atoms with Gasteiger partial charge in [0.05, 0.1) is 4.92 Å². The minimum absolute atomic E-state index is 0.0333. The molecule has 2 amide bonds. The summed E-state index contributed by atoms with van der Waals surface area (Å²) in [7, 11) is 0. The first kappa shape index (κ1) is 15.5. The van der Waals surface area contributed by atoms with E-state index in [-0.39, 0.29) is 24.4 Å². The van der Waals surface area contributed by atoms with Crippen molar-refractivity contribution in [3.05, 3.63) is 39.7 Å². The van der Waals surface area contributed by atoms with Gasteiger partial charge in [0.25, 0.3) is 5.91 Å². The van der Waals surface area contributed by atoms with Crippen molar-refractivity contribution in [1.82, 2.24) is 10.6 Å². The molecule has 0 atom stereocenters. The molecule has 0 spiro atoms. The number of nitrogens with one attached hydrogen (secondary N) is 2. The maximum absolute atomic E-state index is 13.1. The Morgan fingerprint density at radius 1 is 1.35 bits per heavy atom. The Morgan fingerprint density at radius 2 is 2.05 bits per heavy atom. The summed E-state index contributed by atoms with van der Waals surface area (Å²) in [5.74, 6) is -1.82. The van der Waals surface area contributed by atoms with Crippen LogP contribution in [0.5, 0.6) is 0 Å². The molecule has 0 unspecified atom stereocenters. The quantitative estimate of drug-likeness (QED) is 0.600. The number of carbonyl (C=O) groups excluding carboxylic acids is 2. The van der Waals surface area contributed by atoms with Crippen molar-refractivity contribution in [2.45, 2.75) is 13.3 Å². The van der Waals surface area contributed by atoms with Crippen LogP contribution in [0.15, 0.2) is 18.2 Å². The van der Waals surface area contributed by atoms with Crippen LogP contribution >= 0.6 is 0 Å². The van der Waals surface area contributed by atoms with Gasteiger partial charge in [-0.3, -0.25) is 19.7 Å². The predicted octanol–water partition coefficient (Wildman–Crippen LogP) is 0.990. The molecule has 0 heterocycles. The Morgan fingerprint density at radius 3 is 2.65 bits per heavy atom. The molecule has 1 aromatic carbocycles. The van der Waals surface area contributed by atoms with Gasteiger partial charge in [0, 0.05) is 31.1 Å². The number of rotatable bonds is 6. The Labute approximate surface area is 114 Å². The zero-order valence-electron chi connectivity index (χ0n) is 10.8. The number of benzene rings is 1. The number of carbonyl (C=O) groups is 2. The van der Waals surface area contributed by atoms with Crippen LogP contribution in [0.3, 0.4) is 0 Å². The van der Waals surface area contributed by atoms with Crippen LogP contribution in [-0.4, -0.2) is 29.8 Å². The molecule has 0 radical (unpaired) electrons. The van der Waals surface area contributed by atoms with Gasteiger partial charge in [0.1, 0.15) is 0 Å². The molecule has 20 heavy (non-hydrogen) atoms. The van der Waals surface area contributed by atoms with Gasteiger partial charge in [-0.25, -0.2) is 0 Å². The van der Waals surface area contributed by atoms with Crippen molar-refractivity contribution < 1.29 is 18.9 Å². The maximum atomic E-state index is 13.1. The summed E-state index contributed by atoms with van der Waals surface area (Å²) in [6.45, 7) is 2.36. The molecular weight excluding hydrogens is 269 g/mol. The van der Waals surface area contributed by atoms with Crippen molar-refractivity contribution in [3.63, 3.8) is 0 Å². The second kappa shape index (κ2) is 7.17. The lowest BCUT2D eigenvalue weighted by Crippen LogP contribution is -2.30. The summed E-state index contributed by atoms with van der Waals surface area (Å²) < 4.78 is 13.1. The predicted molar refractivity (Wildman–Crippen MR) is 68.7 cm³/mol. The lowest BCUT2D eigenvalue weighted by molar-refractivity contribution is -0.387. The SMILES string of the molecule is CCNC(=O)CCNC(=O)c1ccc(F)c([N+](=O)[O-])c1. The van der Waals surface area contributed by atoms with Crippen molar-refractivity contribution >= 4 is 17.5 Å². The van der Waals surface area contributed by atoms with E-state index >= 15 is 0 Å². The molecule has 0 saturated heterocycles. The minimum Gasteiger partial charge on any atom is -0.356 e. The second-order valence-electron chi connectivity index (χ2n) is 3.88. The van der Waals surface area contributed by atoms with Gasteiger partial charge >= 0.3 is 5.69 Å². The molecule has 0 saturated carbocycles.